The smallest absolute Gasteiger partial charge is 0.0809 e. The quantitative estimate of drug-likeness (QED) is 0.454. The Morgan fingerprint density at radius 3 is 2.62 bits per heavy atom. The monoisotopic (exact) mass is 110 g/mol. The van der Waals surface area contributed by atoms with Gasteiger partial charge in [0.25, 0.3) is 0 Å². The summed E-state index contributed by atoms with van der Waals surface area (Å²) in [5.74, 6) is 0. The van der Waals surface area contributed by atoms with Gasteiger partial charge in [-0.1, -0.05) is 0 Å². The third kappa shape index (κ3) is 0.430. The van der Waals surface area contributed by atoms with E-state index in [4.69, 9.17) is 0 Å². The first-order chi connectivity index (χ1) is 3.79. The Kier molecular flexibility index (Phi) is 0.626. The van der Waals surface area contributed by atoms with E-state index < -0.39 is 0 Å². The van der Waals surface area contributed by atoms with Crippen molar-refractivity contribution in [1.82, 2.24) is 0 Å². The maximum atomic E-state index is 4.16. The van der Waals surface area contributed by atoms with E-state index in [1.54, 1.807) is 0 Å². The van der Waals surface area contributed by atoms with Crippen LogP contribution in [0.15, 0.2) is 10.2 Å². The molecule has 1 heterocycles. The summed E-state index contributed by atoms with van der Waals surface area (Å²) in [4.78, 5) is 0. The summed E-state index contributed by atoms with van der Waals surface area (Å²) >= 11 is 0. The van der Waals surface area contributed by atoms with Gasteiger partial charge in [0.15, 0.2) is 0 Å². The van der Waals surface area contributed by atoms with Crippen molar-refractivity contribution in [2.45, 2.75) is 37.8 Å². The Morgan fingerprint density at radius 2 is 2.50 bits per heavy atom. The molecular weight excluding hydrogens is 100 g/mol. The molecule has 0 N–H and O–H groups in total. The molecule has 0 spiro atoms. The van der Waals surface area contributed by atoms with Crippen molar-refractivity contribution in [2.24, 2.45) is 10.2 Å². The second-order valence-electron chi connectivity index (χ2n) is 3.11. The molecule has 44 valence electrons. The SMILES string of the molecule is C[C@]12CC[C@H](C1)N=N2. The lowest BCUT2D eigenvalue weighted by Gasteiger charge is -2.11. The maximum Gasteiger partial charge on any atom is 0.0809 e. The third-order valence-corrected chi connectivity index (χ3v) is 2.15. The molecule has 0 aromatic heterocycles. The van der Waals surface area contributed by atoms with E-state index in [0.29, 0.717) is 6.04 Å². The van der Waals surface area contributed by atoms with Gasteiger partial charge in [0.05, 0.1) is 11.6 Å². The first-order valence-corrected chi connectivity index (χ1v) is 3.21. The van der Waals surface area contributed by atoms with Crippen molar-refractivity contribution in [1.29, 1.82) is 0 Å². The Bertz CT molecular complexity index is 141. The first-order valence-electron chi connectivity index (χ1n) is 3.21. The van der Waals surface area contributed by atoms with E-state index in [1.807, 2.05) is 0 Å². The van der Waals surface area contributed by atoms with Crippen LogP contribution in [0.3, 0.4) is 0 Å². The molecule has 2 aliphatic rings. The lowest BCUT2D eigenvalue weighted by atomic mass is 10.0. The molecule has 2 nitrogen and oxygen atoms in total. The molecule has 1 aliphatic heterocycles. The normalized spacial score (nSPS) is 50.9. The van der Waals surface area contributed by atoms with Gasteiger partial charge in [-0.2, -0.15) is 10.2 Å². The molecule has 2 atom stereocenters. The molecule has 8 heavy (non-hydrogen) atoms. The maximum absolute atomic E-state index is 4.16. The van der Waals surface area contributed by atoms with Crippen LogP contribution in [0.4, 0.5) is 0 Å². The molecule has 2 rings (SSSR count). The molecule has 0 radical (unpaired) electrons. The minimum atomic E-state index is 0.269. The summed E-state index contributed by atoms with van der Waals surface area (Å²) in [6.07, 6.45) is 3.76. The average molecular weight is 110 g/mol. The fourth-order valence-electron chi connectivity index (χ4n) is 1.60. The molecule has 1 saturated carbocycles. The molecule has 0 aromatic carbocycles. The van der Waals surface area contributed by atoms with E-state index in [1.165, 1.54) is 19.3 Å². The lowest BCUT2D eigenvalue weighted by Crippen LogP contribution is -2.12. The van der Waals surface area contributed by atoms with Crippen molar-refractivity contribution in [3.8, 4) is 0 Å². The summed E-state index contributed by atoms with van der Waals surface area (Å²) in [6, 6.07) is 0.597. The van der Waals surface area contributed by atoms with Gasteiger partial charge in [0.1, 0.15) is 0 Å². The standard InChI is InChI=1S/C6H10N2/c1-6-3-2-5(4-6)7-8-6/h5H,2-4H2,1H3/t5-,6+/m1/s1. The van der Waals surface area contributed by atoms with Gasteiger partial charge in [0.2, 0.25) is 0 Å². The number of rotatable bonds is 0. The van der Waals surface area contributed by atoms with Crippen molar-refractivity contribution in [3.05, 3.63) is 0 Å². The predicted molar refractivity (Wildman–Crippen MR) is 30.9 cm³/mol. The Balaban J connectivity index is 2.33. The average Bonchev–Trinajstić information content (AvgIpc) is 2.21. The van der Waals surface area contributed by atoms with Crippen LogP contribution >= 0.6 is 0 Å². The number of azo groups is 1. The van der Waals surface area contributed by atoms with Crippen molar-refractivity contribution in [2.75, 3.05) is 0 Å². The van der Waals surface area contributed by atoms with Gasteiger partial charge in [-0.3, -0.25) is 0 Å². The van der Waals surface area contributed by atoms with E-state index in [2.05, 4.69) is 17.2 Å². The van der Waals surface area contributed by atoms with Crippen LogP contribution in [0.5, 0.6) is 0 Å². The highest BCUT2D eigenvalue weighted by Gasteiger charge is 2.39. The van der Waals surface area contributed by atoms with Gasteiger partial charge >= 0.3 is 0 Å². The van der Waals surface area contributed by atoms with E-state index in [0.717, 1.165) is 0 Å². The second kappa shape index (κ2) is 1.12. The summed E-state index contributed by atoms with van der Waals surface area (Å²) in [6.45, 7) is 2.20. The summed E-state index contributed by atoms with van der Waals surface area (Å²) in [5, 5.41) is 8.26. The van der Waals surface area contributed by atoms with Gasteiger partial charge < -0.3 is 0 Å². The van der Waals surface area contributed by atoms with Crippen LogP contribution in [0.2, 0.25) is 0 Å². The molecule has 1 fully saturated rings. The number of hydrogen-bond acceptors (Lipinski definition) is 2. The minimum absolute atomic E-state index is 0.269. The molecule has 0 unspecified atom stereocenters. The molecule has 2 heteroatoms. The van der Waals surface area contributed by atoms with Crippen molar-refractivity contribution in [3.63, 3.8) is 0 Å². The summed E-state index contributed by atoms with van der Waals surface area (Å²) < 4.78 is 0. The Labute approximate surface area is 49.0 Å². The van der Waals surface area contributed by atoms with Gasteiger partial charge in [-0.25, -0.2) is 0 Å². The fraction of sp³-hybridized carbons (Fsp3) is 1.00. The third-order valence-electron chi connectivity index (χ3n) is 2.15. The molecule has 0 amide bonds. The van der Waals surface area contributed by atoms with Crippen LogP contribution in [0.1, 0.15) is 26.2 Å². The Morgan fingerprint density at radius 1 is 1.62 bits per heavy atom. The van der Waals surface area contributed by atoms with Gasteiger partial charge in [0, 0.05) is 0 Å². The topological polar surface area (TPSA) is 24.7 Å². The van der Waals surface area contributed by atoms with E-state index in [9.17, 15) is 0 Å². The fourth-order valence-corrected chi connectivity index (χ4v) is 1.60. The highest BCUT2D eigenvalue weighted by atomic mass is 15.2. The summed E-state index contributed by atoms with van der Waals surface area (Å²) in [5.41, 5.74) is 0.269. The molecular formula is C6H10N2. The van der Waals surface area contributed by atoms with E-state index in [-0.39, 0.29) is 5.54 Å². The number of hydrogen-bond donors (Lipinski definition) is 0. The molecule has 1 aliphatic carbocycles. The minimum Gasteiger partial charge on any atom is -0.190 e. The molecule has 2 bridgehead atoms. The van der Waals surface area contributed by atoms with Crippen LogP contribution in [0.25, 0.3) is 0 Å². The van der Waals surface area contributed by atoms with Crippen molar-refractivity contribution >= 4 is 0 Å². The van der Waals surface area contributed by atoms with Crippen LogP contribution < -0.4 is 0 Å². The predicted octanol–water partition coefficient (Wildman–Crippen LogP) is 1.76. The van der Waals surface area contributed by atoms with Gasteiger partial charge in [-0.05, 0) is 26.2 Å². The van der Waals surface area contributed by atoms with Crippen molar-refractivity contribution < 1.29 is 0 Å². The molecule has 0 saturated heterocycles. The zero-order chi connectivity index (χ0) is 5.61. The number of nitrogens with zero attached hydrogens (tertiary/aromatic N) is 2. The zero-order valence-electron chi connectivity index (χ0n) is 5.09. The van der Waals surface area contributed by atoms with Crippen LogP contribution in [0, 0.1) is 0 Å². The van der Waals surface area contributed by atoms with Crippen LogP contribution in [-0.2, 0) is 0 Å². The Hall–Kier alpha value is -0.400. The summed E-state index contributed by atoms with van der Waals surface area (Å²) in [7, 11) is 0. The zero-order valence-corrected chi connectivity index (χ0v) is 5.09. The number of fused-ring (bicyclic) bond motifs is 2. The highest BCUT2D eigenvalue weighted by Crippen LogP contribution is 2.40. The van der Waals surface area contributed by atoms with Crippen LogP contribution in [-0.4, -0.2) is 11.6 Å². The van der Waals surface area contributed by atoms with Gasteiger partial charge in [-0.15, -0.1) is 0 Å². The largest absolute Gasteiger partial charge is 0.190 e. The lowest BCUT2D eigenvalue weighted by molar-refractivity contribution is 0.487. The van der Waals surface area contributed by atoms with E-state index >= 15 is 0 Å². The second-order valence-corrected chi connectivity index (χ2v) is 3.11. The highest BCUT2D eigenvalue weighted by molar-refractivity contribution is 4.99. The first kappa shape index (κ1) is 4.48. The molecule has 0 aromatic rings.